The molecule has 2 rings (SSSR count). The maximum absolute atomic E-state index is 11.3. The van der Waals surface area contributed by atoms with Gasteiger partial charge >= 0.3 is 0 Å². The summed E-state index contributed by atoms with van der Waals surface area (Å²) in [7, 11) is 0. The molecular formula is C10H9NO. The molecule has 1 atom stereocenters. The van der Waals surface area contributed by atoms with E-state index < -0.39 is 0 Å². The summed E-state index contributed by atoms with van der Waals surface area (Å²) in [4.78, 5) is 0. The van der Waals surface area contributed by atoms with Gasteiger partial charge in [-0.15, -0.1) is 0 Å². The molecule has 1 aliphatic heterocycles. The second-order valence-corrected chi connectivity index (χ2v) is 2.67. The van der Waals surface area contributed by atoms with Gasteiger partial charge in [-0.1, -0.05) is 18.2 Å². The maximum Gasteiger partial charge on any atom is 0.143 e. The molecule has 0 aromatic carbocycles. The molecule has 1 unspecified atom stereocenters. The van der Waals surface area contributed by atoms with Crippen molar-refractivity contribution < 1.29 is 5.06 Å². The Balaban J connectivity index is 2.46. The standard InChI is InChI=1S/C10H9NO/c12-11-8-4-6-9-5-2-1-3-7-10(9)11/h1-8,11H. The van der Waals surface area contributed by atoms with Gasteiger partial charge in [-0.05, 0) is 18.2 Å². The first kappa shape index (κ1) is 7.28. The van der Waals surface area contributed by atoms with Crippen molar-refractivity contribution in [1.82, 2.24) is 0 Å². The van der Waals surface area contributed by atoms with Gasteiger partial charge in [-0.25, -0.2) is 0 Å². The van der Waals surface area contributed by atoms with Crippen molar-refractivity contribution >= 4 is 0 Å². The van der Waals surface area contributed by atoms with Gasteiger partial charge in [0.15, 0.2) is 0 Å². The van der Waals surface area contributed by atoms with Gasteiger partial charge in [0.1, 0.15) is 5.70 Å². The number of nitrogens with one attached hydrogen (secondary N) is 1. The highest BCUT2D eigenvalue weighted by atomic mass is 16.5. The summed E-state index contributed by atoms with van der Waals surface area (Å²) in [5.74, 6) is 0. The predicted molar refractivity (Wildman–Crippen MR) is 47.9 cm³/mol. The molecule has 1 heterocycles. The average molecular weight is 159 g/mol. The van der Waals surface area contributed by atoms with Crippen LogP contribution in [-0.2, 0) is 0 Å². The summed E-state index contributed by atoms with van der Waals surface area (Å²) in [6.45, 7) is 0. The summed E-state index contributed by atoms with van der Waals surface area (Å²) in [5.41, 5.74) is 1.77. The molecule has 0 saturated carbocycles. The molecule has 12 heavy (non-hydrogen) atoms. The van der Waals surface area contributed by atoms with Crippen LogP contribution < -0.4 is 5.06 Å². The molecule has 0 spiro atoms. The Morgan fingerprint density at radius 2 is 1.92 bits per heavy atom. The Bertz CT molecular complexity index is 332. The zero-order valence-electron chi connectivity index (χ0n) is 6.53. The number of hydroxylamine groups is 2. The first-order chi connectivity index (χ1) is 5.88. The number of hydrogen-bond acceptors (Lipinski definition) is 1. The van der Waals surface area contributed by atoms with E-state index in [-0.39, 0.29) is 5.06 Å². The second-order valence-electron chi connectivity index (χ2n) is 2.67. The first-order valence-corrected chi connectivity index (χ1v) is 3.86. The Kier molecular flexibility index (Phi) is 1.78. The monoisotopic (exact) mass is 159 g/mol. The summed E-state index contributed by atoms with van der Waals surface area (Å²) in [6, 6.07) is 0. The highest BCUT2D eigenvalue weighted by molar-refractivity contribution is 5.44. The summed E-state index contributed by atoms with van der Waals surface area (Å²) in [6.07, 6.45) is 14.8. The van der Waals surface area contributed by atoms with Gasteiger partial charge in [-0.2, -0.15) is 0 Å². The van der Waals surface area contributed by atoms with Crippen LogP contribution in [0.4, 0.5) is 0 Å². The van der Waals surface area contributed by atoms with Crippen LogP contribution in [0.25, 0.3) is 0 Å². The number of quaternary nitrogens is 1. The maximum atomic E-state index is 11.3. The van der Waals surface area contributed by atoms with Gasteiger partial charge in [-0.3, -0.25) is 0 Å². The van der Waals surface area contributed by atoms with Gasteiger partial charge < -0.3 is 10.3 Å². The zero-order valence-corrected chi connectivity index (χ0v) is 6.53. The molecule has 0 saturated heterocycles. The van der Waals surface area contributed by atoms with Crippen LogP contribution in [0.5, 0.6) is 0 Å². The van der Waals surface area contributed by atoms with Crippen LogP contribution in [0, 0.1) is 5.21 Å². The smallest absolute Gasteiger partial charge is 0.143 e. The zero-order chi connectivity index (χ0) is 8.39. The van der Waals surface area contributed by atoms with E-state index in [0.29, 0.717) is 0 Å². The molecule has 0 aromatic heterocycles. The second kappa shape index (κ2) is 2.93. The first-order valence-electron chi connectivity index (χ1n) is 3.86. The summed E-state index contributed by atoms with van der Waals surface area (Å²) in [5, 5.41) is 11.4. The SMILES string of the molecule is [O-][NH+]1C=CC=C2C=CC=CC=C21. The fourth-order valence-electron chi connectivity index (χ4n) is 1.26. The molecular weight excluding hydrogens is 150 g/mol. The molecule has 1 aliphatic carbocycles. The molecule has 1 N–H and O–H groups in total. The minimum Gasteiger partial charge on any atom is -0.624 e. The average Bonchev–Trinajstić information content (AvgIpc) is 2.30. The molecule has 0 fully saturated rings. The van der Waals surface area contributed by atoms with E-state index >= 15 is 0 Å². The number of rotatable bonds is 0. The lowest BCUT2D eigenvalue weighted by Crippen LogP contribution is -3.00. The van der Waals surface area contributed by atoms with E-state index in [9.17, 15) is 5.21 Å². The third-order valence-corrected chi connectivity index (χ3v) is 1.86. The van der Waals surface area contributed by atoms with Crippen molar-refractivity contribution in [3.63, 3.8) is 0 Å². The highest BCUT2D eigenvalue weighted by Gasteiger charge is 2.11. The molecule has 60 valence electrons. The van der Waals surface area contributed by atoms with Crippen molar-refractivity contribution in [3.8, 4) is 0 Å². The number of fused-ring (bicyclic) bond motifs is 1. The van der Waals surface area contributed by atoms with Crippen LogP contribution in [-0.4, -0.2) is 0 Å². The van der Waals surface area contributed by atoms with E-state index in [1.54, 1.807) is 12.3 Å². The topological polar surface area (TPSA) is 27.5 Å². The van der Waals surface area contributed by atoms with E-state index in [1.165, 1.54) is 0 Å². The van der Waals surface area contributed by atoms with Gasteiger partial charge in [0.25, 0.3) is 0 Å². The Morgan fingerprint density at radius 3 is 2.83 bits per heavy atom. The van der Waals surface area contributed by atoms with Crippen molar-refractivity contribution in [1.29, 1.82) is 0 Å². The van der Waals surface area contributed by atoms with Gasteiger partial charge in [0, 0.05) is 11.6 Å². The van der Waals surface area contributed by atoms with Gasteiger partial charge in [0.05, 0.1) is 6.20 Å². The lowest BCUT2D eigenvalue weighted by molar-refractivity contribution is -0.744. The van der Waals surface area contributed by atoms with Crippen LogP contribution in [0.2, 0.25) is 0 Å². The molecule has 0 aromatic rings. The highest BCUT2D eigenvalue weighted by Crippen LogP contribution is 2.11. The largest absolute Gasteiger partial charge is 0.624 e. The molecule has 0 radical (unpaired) electrons. The minimum atomic E-state index is 0.0868. The fraction of sp³-hybridized carbons (Fsp3) is 0. The lowest BCUT2D eigenvalue weighted by Gasteiger charge is -2.22. The van der Waals surface area contributed by atoms with E-state index in [1.807, 2.05) is 36.5 Å². The predicted octanol–water partition coefficient (Wildman–Crippen LogP) is 0.833. The Morgan fingerprint density at radius 1 is 1.00 bits per heavy atom. The number of allylic oxidation sites excluding steroid dienone is 7. The molecule has 2 aliphatic rings. The Hall–Kier alpha value is -1.38. The quantitative estimate of drug-likeness (QED) is 0.521. The van der Waals surface area contributed by atoms with Crippen LogP contribution in [0.3, 0.4) is 0 Å². The minimum absolute atomic E-state index is 0.0868. The molecule has 0 amide bonds. The van der Waals surface area contributed by atoms with Crippen LogP contribution in [0.15, 0.2) is 60.0 Å². The Labute approximate surface area is 71.1 Å². The third-order valence-electron chi connectivity index (χ3n) is 1.86. The summed E-state index contributed by atoms with van der Waals surface area (Å²) >= 11 is 0. The van der Waals surface area contributed by atoms with Crippen LogP contribution >= 0.6 is 0 Å². The van der Waals surface area contributed by atoms with Crippen LogP contribution in [0.1, 0.15) is 0 Å². The number of hydrogen-bond donors (Lipinski definition) is 1. The molecule has 0 bridgehead atoms. The normalized spacial score (nSPS) is 25.9. The summed E-state index contributed by atoms with van der Waals surface area (Å²) < 4.78 is 0. The van der Waals surface area contributed by atoms with Gasteiger partial charge in [0.2, 0.25) is 0 Å². The molecule has 2 heteroatoms. The third kappa shape index (κ3) is 1.18. The van der Waals surface area contributed by atoms with Crippen molar-refractivity contribution in [2.75, 3.05) is 0 Å². The van der Waals surface area contributed by atoms with Crippen molar-refractivity contribution in [2.45, 2.75) is 0 Å². The van der Waals surface area contributed by atoms with Crippen molar-refractivity contribution in [2.24, 2.45) is 0 Å². The lowest BCUT2D eigenvalue weighted by atomic mass is 10.1. The van der Waals surface area contributed by atoms with Crippen molar-refractivity contribution in [3.05, 3.63) is 65.2 Å². The van der Waals surface area contributed by atoms with E-state index in [0.717, 1.165) is 11.3 Å². The molecule has 2 nitrogen and oxygen atoms in total. The van der Waals surface area contributed by atoms with E-state index in [4.69, 9.17) is 0 Å². The van der Waals surface area contributed by atoms with E-state index in [2.05, 4.69) is 0 Å². The fourth-order valence-corrected chi connectivity index (χ4v) is 1.26.